The number of hydrogen-bond acceptors (Lipinski definition) is 3. The average Bonchev–Trinajstić information content (AvgIpc) is 2.86. The van der Waals surface area contributed by atoms with Crippen LogP contribution in [-0.4, -0.2) is 32.8 Å². The van der Waals surface area contributed by atoms with Crippen molar-refractivity contribution >= 4 is 23.5 Å². The van der Waals surface area contributed by atoms with E-state index in [2.05, 4.69) is 10.4 Å². The molecule has 2 aromatic rings. The van der Waals surface area contributed by atoms with Crippen LogP contribution < -0.4 is 5.32 Å². The van der Waals surface area contributed by atoms with Crippen LogP contribution in [0.3, 0.4) is 0 Å². The van der Waals surface area contributed by atoms with Crippen molar-refractivity contribution < 1.29 is 14.7 Å². The molecule has 0 radical (unpaired) electrons. The van der Waals surface area contributed by atoms with E-state index < -0.39 is 17.9 Å². The molecule has 116 valence electrons. The molecule has 1 amide bonds. The van der Waals surface area contributed by atoms with Crippen molar-refractivity contribution in [1.82, 2.24) is 15.1 Å². The Balaban J connectivity index is 2.29. The van der Waals surface area contributed by atoms with Crippen LogP contribution in [0.1, 0.15) is 29.4 Å². The van der Waals surface area contributed by atoms with Gasteiger partial charge in [0.1, 0.15) is 6.04 Å². The highest BCUT2D eigenvalue weighted by Gasteiger charge is 2.22. The molecule has 0 bridgehead atoms. The molecule has 0 aliphatic heterocycles. The highest BCUT2D eigenvalue weighted by Crippen LogP contribution is 2.20. The number of rotatable bonds is 5. The minimum absolute atomic E-state index is 0.180. The lowest BCUT2D eigenvalue weighted by atomic mass is 10.2. The summed E-state index contributed by atoms with van der Waals surface area (Å²) in [5.74, 6) is -1.59. The SMILES string of the molecule is CCC(NC(=O)c1nn(-c2ccccc2Cl)cc1C)C(=O)O. The number of benzene rings is 1. The molecule has 0 fully saturated rings. The Hall–Kier alpha value is -2.34. The van der Waals surface area contributed by atoms with Gasteiger partial charge in [0, 0.05) is 11.8 Å². The molecule has 0 aliphatic rings. The molecule has 0 saturated heterocycles. The van der Waals surface area contributed by atoms with Gasteiger partial charge in [-0.3, -0.25) is 4.79 Å². The average molecular weight is 322 g/mol. The van der Waals surface area contributed by atoms with Crippen LogP contribution in [0.2, 0.25) is 5.02 Å². The molecule has 1 aromatic heterocycles. The smallest absolute Gasteiger partial charge is 0.326 e. The molecule has 1 unspecified atom stereocenters. The van der Waals surface area contributed by atoms with E-state index in [-0.39, 0.29) is 5.69 Å². The Morgan fingerprint density at radius 3 is 2.68 bits per heavy atom. The second kappa shape index (κ2) is 6.62. The number of aliphatic carboxylic acids is 1. The van der Waals surface area contributed by atoms with Crippen molar-refractivity contribution in [1.29, 1.82) is 0 Å². The molecule has 0 aliphatic carbocycles. The summed E-state index contributed by atoms with van der Waals surface area (Å²) in [6.45, 7) is 3.42. The maximum Gasteiger partial charge on any atom is 0.326 e. The Labute approximate surface area is 132 Å². The number of nitrogens with zero attached hydrogens (tertiary/aromatic N) is 2. The van der Waals surface area contributed by atoms with Crippen LogP contribution in [0.15, 0.2) is 30.5 Å². The number of hydrogen-bond donors (Lipinski definition) is 2. The zero-order valence-corrected chi connectivity index (χ0v) is 13.0. The van der Waals surface area contributed by atoms with Gasteiger partial charge >= 0.3 is 5.97 Å². The van der Waals surface area contributed by atoms with Gasteiger partial charge in [0.15, 0.2) is 5.69 Å². The highest BCUT2D eigenvalue weighted by atomic mass is 35.5. The van der Waals surface area contributed by atoms with Crippen molar-refractivity contribution in [2.24, 2.45) is 0 Å². The van der Waals surface area contributed by atoms with Gasteiger partial charge in [0.2, 0.25) is 0 Å². The lowest BCUT2D eigenvalue weighted by Gasteiger charge is -2.11. The van der Waals surface area contributed by atoms with Crippen LogP contribution in [-0.2, 0) is 4.79 Å². The lowest BCUT2D eigenvalue weighted by molar-refractivity contribution is -0.139. The quantitative estimate of drug-likeness (QED) is 0.885. The summed E-state index contributed by atoms with van der Waals surface area (Å²) < 4.78 is 1.51. The summed E-state index contributed by atoms with van der Waals surface area (Å²) in [6.07, 6.45) is 1.98. The van der Waals surface area contributed by atoms with Crippen molar-refractivity contribution in [2.75, 3.05) is 0 Å². The van der Waals surface area contributed by atoms with Crippen molar-refractivity contribution in [3.63, 3.8) is 0 Å². The predicted octanol–water partition coefficient (Wildman–Crippen LogP) is 2.43. The Bertz CT molecular complexity index is 712. The van der Waals surface area contributed by atoms with Gasteiger partial charge in [-0.05, 0) is 25.5 Å². The number of halogens is 1. The molecular weight excluding hydrogens is 306 g/mol. The van der Waals surface area contributed by atoms with Gasteiger partial charge in [-0.15, -0.1) is 0 Å². The van der Waals surface area contributed by atoms with Crippen molar-refractivity contribution in [3.8, 4) is 5.69 Å². The van der Waals surface area contributed by atoms with E-state index in [1.54, 1.807) is 38.2 Å². The number of carbonyl (C=O) groups excluding carboxylic acids is 1. The summed E-state index contributed by atoms with van der Waals surface area (Å²) in [5, 5.41) is 16.2. The number of aryl methyl sites for hydroxylation is 1. The largest absolute Gasteiger partial charge is 0.480 e. The summed E-state index contributed by atoms with van der Waals surface area (Å²) >= 11 is 6.11. The first-order chi connectivity index (χ1) is 10.4. The molecular formula is C15H16ClN3O3. The number of nitrogens with one attached hydrogen (secondary N) is 1. The number of carboxylic acids is 1. The lowest BCUT2D eigenvalue weighted by Crippen LogP contribution is -2.40. The number of amides is 1. The third-order valence-electron chi connectivity index (χ3n) is 3.22. The van der Waals surface area contributed by atoms with Crippen LogP contribution in [0, 0.1) is 6.92 Å². The molecule has 22 heavy (non-hydrogen) atoms. The fraction of sp³-hybridized carbons (Fsp3) is 0.267. The number of carbonyl (C=O) groups is 2. The molecule has 0 spiro atoms. The summed E-state index contributed by atoms with van der Waals surface area (Å²) in [5.41, 5.74) is 1.47. The Morgan fingerprint density at radius 2 is 2.09 bits per heavy atom. The van der Waals surface area contributed by atoms with E-state index in [0.29, 0.717) is 22.7 Å². The molecule has 1 atom stereocenters. The van der Waals surface area contributed by atoms with Crippen molar-refractivity contribution in [2.45, 2.75) is 26.3 Å². The topological polar surface area (TPSA) is 84.2 Å². The van der Waals surface area contributed by atoms with E-state index >= 15 is 0 Å². The van der Waals surface area contributed by atoms with Gasteiger partial charge in [-0.2, -0.15) is 5.10 Å². The molecule has 6 nitrogen and oxygen atoms in total. The second-order valence-corrected chi connectivity index (χ2v) is 5.24. The molecule has 0 saturated carbocycles. The van der Waals surface area contributed by atoms with Gasteiger partial charge in [0.05, 0.1) is 10.7 Å². The van der Waals surface area contributed by atoms with Crippen LogP contribution in [0.4, 0.5) is 0 Å². The first-order valence-electron chi connectivity index (χ1n) is 6.78. The molecule has 2 N–H and O–H groups in total. The zero-order chi connectivity index (χ0) is 16.3. The van der Waals surface area contributed by atoms with Crippen LogP contribution >= 0.6 is 11.6 Å². The standard InChI is InChI=1S/C15H16ClN3O3/c1-3-11(15(21)22)17-14(20)13-9(2)8-19(18-13)12-7-5-4-6-10(12)16/h4-8,11H,3H2,1-2H3,(H,17,20)(H,21,22). The summed E-state index contributed by atoms with van der Waals surface area (Å²) in [6, 6.07) is 6.19. The predicted molar refractivity (Wildman–Crippen MR) is 82.5 cm³/mol. The number of para-hydroxylation sites is 1. The highest BCUT2D eigenvalue weighted by molar-refractivity contribution is 6.32. The molecule has 7 heteroatoms. The zero-order valence-electron chi connectivity index (χ0n) is 12.2. The summed E-state index contributed by atoms with van der Waals surface area (Å²) in [7, 11) is 0. The maximum atomic E-state index is 12.2. The Morgan fingerprint density at radius 1 is 1.41 bits per heavy atom. The van der Waals surface area contributed by atoms with Crippen LogP contribution in [0.25, 0.3) is 5.69 Å². The molecule has 1 heterocycles. The van der Waals surface area contributed by atoms with Gasteiger partial charge in [-0.25, -0.2) is 9.48 Å². The van der Waals surface area contributed by atoms with Crippen molar-refractivity contribution in [3.05, 3.63) is 46.7 Å². The normalized spacial score (nSPS) is 12.0. The minimum atomic E-state index is -1.07. The van der Waals surface area contributed by atoms with E-state index in [1.807, 2.05) is 6.07 Å². The van der Waals surface area contributed by atoms with Gasteiger partial charge in [-0.1, -0.05) is 30.7 Å². The third kappa shape index (κ3) is 3.28. The van der Waals surface area contributed by atoms with Gasteiger partial charge in [0.25, 0.3) is 5.91 Å². The summed E-state index contributed by atoms with van der Waals surface area (Å²) in [4.78, 5) is 23.2. The second-order valence-electron chi connectivity index (χ2n) is 4.83. The minimum Gasteiger partial charge on any atom is -0.480 e. The monoisotopic (exact) mass is 321 g/mol. The first kappa shape index (κ1) is 16.0. The molecule has 2 rings (SSSR count). The first-order valence-corrected chi connectivity index (χ1v) is 7.16. The number of carboxylic acid groups (broad SMARTS) is 1. The van der Waals surface area contributed by atoms with Crippen LogP contribution in [0.5, 0.6) is 0 Å². The molecule has 1 aromatic carbocycles. The fourth-order valence-electron chi connectivity index (χ4n) is 2.01. The van der Waals surface area contributed by atoms with E-state index in [4.69, 9.17) is 16.7 Å². The third-order valence-corrected chi connectivity index (χ3v) is 3.54. The van der Waals surface area contributed by atoms with Gasteiger partial charge < -0.3 is 10.4 Å². The Kier molecular flexibility index (Phi) is 4.82. The number of aromatic nitrogens is 2. The van der Waals surface area contributed by atoms with E-state index in [0.717, 1.165) is 0 Å². The fourth-order valence-corrected chi connectivity index (χ4v) is 2.23. The maximum absolute atomic E-state index is 12.2. The van der Waals surface area contributed by atoms with E-state index in [9.17, 15) is 9.59 Å². The van der Waals surface area contributed by atoms with E-state index in [1.165, 1.54) is 4.68 Å².